The molecule has 1 amide bonds. The van der Waals surface area contributed by atoms with Crippen molar-refractivity contribution < 1.29 is 9.53 Å². The second kappa shape index (κ2) is 7.31. The van der Waals surface area contributed by atoms with Crippen molar-refractivity contribution in [3.63, 3.8) is 0 Å². The van der Waals surface area contributed by atoms with Crippen LogP contribution in [0.1, 0.15) is 38.2 Å². The van der Waals surface area contributed by atoms with Gasteiger partial charge < -0.3 is 14.6 Å². The summed E-state index contributed by atoms with van der Waals surface area (Å²) in [7, 11) is 1.72. The molecule has 2 aliphatic rings. The maximum Gasteiger partial charge on any atom is 0.223 e. The average Bonchev–Trinajstić information content (AvgIpc) is 3.42. The lowest BCUT2D eigenvalue weighted by Crippen LogP contribution is -2.40. The molecule has 0 unspecified atom stereocenters. The molecule has 5 nitrogen and oxygen atoms in total. The lowest BCUT2D eigenvalue weighted by Gasteiger charge is -2.31. The first kappa shape index (κ1) is 17.4. The van der Waals surface area contributed by atoms with E-state index in [1.54, 1.807) is 7.11 Å². The zero-order chi connectivity index (χ0) is 18.1. The monoisotopic (exact) mass is 355 g/mol. The molecule has 1 aliphatic heterocycles. The molecule has 0 spiro atoms. The van der Waals surface area contributed by atoms with E-state index in [0.29, 0.717) is 6.04 Å². The highest BCUT2D eigenvalue weighted by Crippen LogP contribution is 2.29. The number of fused-ring (bicyclic) bond motifs is 1. The predicted molar refractivity (Wildman–Crippen MR) is 103 cm³/mol. The second-order valence-electron chi connectivity index (χ2n) is 7.66. The number of rotatable bonds is 6. The second-order valence-corrected chi connectivity index (χ2v) is 7.66. The molecule has 0 atom stereocenters. The van der Waals surface area contributed by atoms with Gasteiger partial charge in [-0.1, -0.05) is 0 Å². The standard InChI is InChI=1S/C21H29N3O2/c1-3-24-14-16(19-12-18(26-2)6-7-20(19)24)13-23-10-8-15(9-11-23)21(25)22-17-4-5-17/h6-7,12,14-15,17H,3-5,8-11,13H2,1-2H3,(H,22,25). The number of methoxy groups -OCH3 is 1. The van der Waals surface area contributed by atoms with Gasteiger partial charge in [0.2, 0.25) is 5.91 Å². The van der Waals surface area contributed by atoms with E-state index < -0.39 is 0 Å². The highest BCUT2D eigenvalue weighted by atomic mass is 16.5. The Morgan fingerprint density at radius 2 is 2.00 bits per heavy atom. The first-order chi connectivity index (χ1) is 12.7. The minimum Gasteiger partial charge on any atom is -0.497 e. The molecule has 1 saturated heterocycles. The van der Waals surface area contributed by atoms with Crippen LogP contribution in [-0.2, 0) is 17.9 Å². The van der Waals surface area contributed by atoms with Crippen molar-refractivity contribution in [3.05, 3.63) is 30.0 Å². The minimum atomic E-state index is 0.198. The van der Waals surface area contributed by atoms with Crippen LogP contribution in [0.3, 0.4) is 0 Å². The van der Waals surface area contributed by atoms with Gasteiger partial charge in [0, 0.05) is 42.1 Å². The number of hydrogen-bond acceptors (Lipinski definition) is 3. The van der Waals surface area contributed by atoms with Crippen molar-refractivity contribution in [1.29, 1.82) is 0 Å². The van der Waals surface area contributed by atoms with Crippen molar-refractivity contribution in [2.75, 3.05) is 20.2 Å². The van der Waals surface area contributed by atoms with Gasteiger partial charge in [-0.25, -0.2) is 0 Å². The summed E-state index contributed by atoms with van der Waals surface area (Å²) in [5, 5.41) is 4.44. The molecule has 4 rings (SSSR count). The third kappa shape index (κ3) is 3.58. The summed E-state index contributed by atoms with van der Waals surface area (Å²) in [5.74, 6) is 1.38. The Morgan fingerprint density at radius 1 is 1.23 bits per heavy atom. The summed E-state index contributed by atoms with van der Waals surface area (Å²) < 4.78 is 7.73. The largest absolute Gasteiger partial charge is 0.497 e. The number of nitrogens with zero attached hydrogens (tertiary/aromatic N) is 2. The first-order valence-electron chi connectivity index (χ1n) is 9.86. The molecule has 2 aromatic rings. The average molecular weight is 355 g/mol. The van der Waals surface area contributed by atoms with Gasteiger partial charge in [0.25, 0.3) is 0 Å². The summed E-state index contributed by atoms with van der Waals surface area (Å²) in [5.41, 5.74) is 2.61. The zero-order valence-electron chi connectivity index (χ0n) is 15.8. The number of amides is 1. The fourth-order valence-corrected chi connectivity index (χ4v) is 4.01. The number of likely N-dealkylation sites (tertiary alicyclic amines) is 1. The SMILES string of the molecule is CCn1cc(CN2CCC(C(=O)NC3CC3)CC2)c2cc(OC)ccc21. The van der Waals surface area contributed by atoms with Crippen LogP contribution >= 0.6 is 0 Å². The summed E-state index contributed by atoms with van der Waals surface area (Å²) >= 11 is 0. The number of aromatic nitrogens is 1. The Balaban J connectivity index is 1.43. The summed E-state index contributed by atoms with van der Waals surface area (Å²) in [4.78, 5) is 14.7. The first-order valence-corrected chi connectivity index (χ1v) is 9.86. The number of nitrogens with one attached hydrogen (secondary N) is 1. The summed E-state index contributed by atoms with van der Waals surface area (Å²) in [6, 6.07) is 6.79. The highest BCUT2D eigenvalue weighted by molar-refractivity contribution is 5.85. The van der Waals surface area contributed by atoms with Crippen LogP contribution in [0.25, 0.3) is 10.9 Å². The Hall–Kier alpha value is -2.01. The topological polar surface area (TPSA) is 46.5 Å². The van der Waals surface area contributed by atoms with E-state index in [9.17, 15) is 4.79 Å². The third-order valence-electron chi connectivity index (χ3n) is 5.79. The van der Waals surface area contributed by atoms with Crippen LogP contribution in [-0.4, -0.2) is 41.6 Å². The van der Waals surface area contributed by atoms with Crippen LogP contribution in [0.15, 0.2) is 24.4 Å². The number of carbonyl (C=O) groups is 1. The zero-order valence-corrected chi connectivity index (χ0v) is 15.8. The van der Waals surface area contributed by atoms with Gasteiger partial charge >= 0.3 is 0 Å². The van der Waals surface area contributed by atoms with Crippen LogP contribution in [0, 0.1) is 5.92 Å². The Kier molecular flexibility index (Phi) is 4.90. The van der Waals surface area contributed by atoms with E-state index in [1.807, 2.05) is 6.07 Å². The lowest BCUT2D eigenvalue weighted by atomic mass is 9.95. The predicted octanol–water partition coefficient (Wildman–Crippen LogP) is 3.16. The Labute approximate surface area is 155 Å². The van der Waals surface area contributed by atoms with E-state index in [2.05, 4.69) is 40.0 Å². The van der Waals surface area contributed by atoms with Gasteiger partial charge in [0.05, 0.1) is 7.11 Å². The van der Waals surface area contributed by atoms with Gasteiger partial charge in [-0.2, -0.15) is 0 Å². The molecule has 5 heteroatoms. The van der Waals surface area contributed by atoms with Crippen molar-refractivity contribution in [1.82, 2.24) is 14.8 Å². The molecule has 1 aliphatic carbocycles. The third-order valence-corrected chi connectivity index (χ3v) is 5.79. The van der Waals surface area contributed by atoms with E-state index in [4.69, 9.17) is 4.74 Å². The molecule has 0 radical (unpaired) electrons. The quantitative estimate of drug-likeness (QED) is 0.866. The van der Waals surface area contributed by atoms with Crippen molar-refractivity contribution in [3.8, 4) is 5.75 Å². The van der Waals surface area contributed by atoms with Crippen LogP contribution in [0.4, 0.5) is 0 Å². The number of aryl methyl sites for hydroxylation is 1. The smallest absolute Gasteiger partial charge is 0.223 e. The van der Waals surface area contributed by atoms with E-state index in [1.165, 1.54) is 16.5 Å². The molecule has 1 saturated carbocycles. The molecule has 140 valence electrons. The van der Waals surface area contributed by atoms with Crippen LogP contribution in [0.5, 0.6) is 5.75 Å². The number of hydrogen-bond donors (Lipinski definition) is 1. The minimum absolute atomic E-state index is 0.198. The van der Waals surface area contributed by atoms with Crippen molar-refractivity contribution in [2.45, 2.75) is 51.7 Å². The Bertz CT molecular complexity index is 786. The van der Waals surface area contributed by atoms with Gasteiger partial charge in [-0.05, 0) is 69.5 Å². The van der Waals surface area contributed by atoms with Gasteiger partial charge in [0.15, 0.2) is 0 Å². The fourth-order valence-electron chi connectivity index (χ4n) is 4.01. The van der Waals surface area contributed by atoms with Crippen LogP contribution in [0.2, 0.25) is 0 Å². The Morgan fingerprint density at radius 3 is 2.65 bits per heavy atom. The molecule has 26 heavy (non-hydrogen) atoms. The normalized spacial score (nSPS) is 19.0. The van der Waals surface area contributed by atoms with Gasteiger partial charge in [-0.15, -0.1) is 0 Å². The summed E-state index contributed by atoms with van der Waals surface area (Å²) in [6.45, 7) is 6.06. The maximum atomic E-state index is 12.3. The van der Waals surface area contributed by atoms with Gasteiger partial charge in [-0.3, -0.25) is 9.69 Å². The fraction of sp³-hybridized carbons (Fsp3) is 0.571. The van der Waals surface area contributed by atoms with E-state index >= 15 is 0 Å². The van der Waals surface area contributed by atoms with Crippen LogP contribution < -0.4 is 10.1 Å². The molecule has 2 fully saturated rings. The van der Waals surface area contributed by atoms with Gasteiger partial charge in [0.1, 0.15) is 5.75 Å². The molecular formula is C21H29N3O2. The molecule has 2 heterocycles. The maximum absolute atomic E-state index is 12.3. The summed E-state index contributed by atoms with van der Waals surface area (Å²) in [6.07, 6.45) is 6.53. The number of carbonyl (C=O) groups excluding carboxylic acids is 1. The lowest BCUT2D eigenvalue weighted by molar-refractivity contribution is -0.126. The molecule has 1 aromatic carbocycles. The molecule has 1 N–H and O–H groups in total. The van der Waals surface area contributed by atoms with Crippen molar-refractivity contribution in [2.24, 2.45) is 5.92 Å². The molecule has 0 bridgehead atoms. The van der Waals surface area contributed by atoms with E-state index in [-0.39, 0.29) is 11.8 Å². The number of ether oxygens (including phenoxy) is 1. The number of benzene rings is 1. The van der Waals surface area contributed by atoms with Crippen molar-refractivity contribution >= 4 is 16.8 Å². The molecular weight excluding hydrogens is 326 g/mol. The highest BCUT2D eigenvalue weighted by Gasteiger charge is 2.30. The van der Waals surface area contributed by atoms with E-state index in [0.717, 1.165) is 57.6 Å². The number of piperidine rings is 1. The molecule has 1 aromatic heterocycles.